The highest BCUT2D eigenvalue weighted by atomic mass is 19.1. The molecule has 20 heavy (non-hydrogen) atoms. The lowest BCUT2D eigenvalue weighted by molar-refractivity contribution is 0.111. The Morgan fingerprint density at radius 1 is 1.20 bits per heavy atom. The maximum atomic E-state index is 13.8. The van der Waals surface area contributed by atoms with Crippen LogP contribution in [0.25, 0.3) is 0 Å². The molecule has 100 valence electrons. The molecule has 0 saturated heterocycles. The van der Waals surface area contributed by atoms with Crippen LogP contribution >= 0.6 is 0 Å². The summed E-state index contributed by atoms with van der Waals surface area (Å²) in [5, 5.41) is 8.72. The Bertz CT molecular complexity index is 693. The largest absolute Gasteiger partial charge is 0.485 e. The average Bonchev–Trinajstić information content (AvgIpc) is 2.47. The van der Waals surface area contributed by atoms with Gasteiger partial charge in [-0.1, -0.05) is 18.2 Å². The predicted molar refractivity (Wildman–Crippen MR) is 67.2 cm³/mol. The van der Waals surface area contributed by atoms with Gasteiger partial charge >= 0.3 is 0 Å². The third kappa shape index (κ3) is 2.64. The van der Waals surface area contributed by atoms with E-state index in [-0.39, 0.29) is 29.0 Å². The molecule has 0 radical (unpaired) electrons. The lowest BCUT2D eigenvalue weighted by Gasteiger charge is -2.10. The number of hydrogen-bond acceptors (Lipinski definition) is 3. The molecule has 0 fully saturated rings. The first-order valence-electron chi connectivity index (χ1n) is 5.71. The fraction of sp³-hybridized carbons (Fsp3) is 0.0667. The van der Waals surface area contributed by atoms with Crippen molar-refractivity contribution >= 4 is 6.29 Å². The van der Waals surface area contributed by atoms with Crippen LogP contribution in [-0.4, -0.2) is 6.29 Å². The first kappa shape index (κ1) is 13.7. The summed E-state index contributed by atoms with van der Waals surface area (Å²) in [5.74, 6) is -1.64. The van der Waals surface area contributed by atoms with Gasteiger partial charge in [0.05, 0.1) is 11.1 Å². The molecule has 0 aliphatic rings. The highest BCUT2D eigenvalue weighted by molar-refractivity contribution is 5.79. The van der Waals surface area contributed by atoms with Crippen LogP contribution in [0.1, 0.15) is 21.5 Å². The molecule has 0 saturated carbocycles. The SMILES string of the molecule is N#Cc1cccc(COc2c(F)cccc2C=O)c1F. The normalized spacial score (nSPS) is 9.85. The minimum absolute atomic E-state index is 0.0434. The van der Waals surface area contributed by atoms with Crippen LogP contribution < -0.4 is 4.74 Å². The summed E-state index contributed by atoms with van der Waals surface area (Å²) in [5.41, 5.74) is 0.0428. The van der Waals surface area contributed by atoms with Crippen LogP contribution in [0.3, 0.4) is 0 Å². The molecule has 0 unspecified atom stereocenters. The van der Waals surface area contributed by atoms with E-state index in [2.05, 4.69) is 0 Å². The summed E-state index contributed by atoms with van der Waals surface area (Å²) in [7, 11) is 0. The number of carbonyl (C=O) groups is 1. The highest BCUT2D eigenvalue weighted by Gasteiger charge is 2.12. The van der Waals surface area contributed by atoms with Gasteiger partial charge in [0.1, 0.15) is 18.5 Å². The number of ether oxygens (including phenoxy) is 1. The van der Waals surface area contributed by atoms with Crippen LogP contribution in [0.15, 0.2) is 36.4 Å². The van der Waals surface area contributed by atoms with E-state index in [1.165, 1.54) is 30.3 Å². The molecule has 0 N–H and O–H groups in total. The van der Waals surface area contributed by atoms with Crippen molar-refractivity contribution < 1.29 is 18.3 Å². The standard InChI is InChI=1S/C15H9F2NO2/c16-13-6-2-4-11(8-19)15(13)20-9-12-5-1-3-10(7-18)14(12)17/h1-6,8H,9H2. The minimum Gasteiger partial charge on any atom is -0.485 e. The molecule has 0 spiro atoms. The average molecular weight is 273 g/mol. The molecule has 0 aliphatic heterocycles. The quantitative estimate of drug-likeness (QED) is 0.803. The van der Waals surface area contributed by atoms with Crippen molar-refractivity contribution in [3.8, 4) is 11.8 Å². The van der Waals surface area contributed by atoms with Gasteiger partial charge in [0.25, 0.3) is 0 Å². The van der Waals surface area contributed by atoms with E-state index in [1.807, 2.05) is 0 Å². The number of halogens is 2. The predicted octanol–water partition coefficient (Wildman–Crippen LogP) is 3.23. The minimum atomic E-state index is -0.709. The smallest absolute Gasteiger partial charge is 0.165 e. The molecular formula is C15H9F2NO2. The number of carbonyl (C=O) groups excluding carboxylic acids is 1. The van der Waals surface area contributed by atoms with Gasteiger partial charge in [-0.25, -0.2) is 8.78 Å². The molecule has 0 aliphatic carbocycles. The number of rotatable bonds is 4. The van der Waals surface area contributed by atoms with Crippen LogP contribution in [0, 0.1) is 23.0 Å². The Morgan fingerprint density at radius 3 is 2.65 bits per heavy atom. The number of hydrogen-bond donors (Lipinski definition) is 0. The van der Waals surface area contributed by atoms with Gasteiger partial charge in [-0.3, -0.25) is 4.79 Å². The van der Waals surface area contributed by atoms with Crippen molar-refractivity contribution in [2.24, 2.45) is 0 Å². The maximum absolute atomic E-state index is 13.8. The number of aldehydes is 1. The van der Waals surface area contributed by atoms with Crippen molar-refractivity contribution in [2.45, 2.75) is 6.61 Å². The van der Waals surface area contributed by atoms with Crippen molar-refractivity contribution in [1.82, 2.24) is 0 Å². The molecule has 0 atom stereocenters. The fourth-order valence-corrected chi connectivity index (χ4v) is 1.70. The van der Waals surface area contributed by atoms with E-state index in [1.54, 1.807) is 6.07 Å². The van der Waals surface area contributed by atoms with Gasteiger partial charge in [0.15, 0.2) is 17.9 Å². The Balaban J connectivity index is 2.26. The maximum Gasteiger partial charge on any atom is 0.165 e. The van der Waals surface area contributed by atoms with Crippen molar-refractivity contribution in [2.75, 3.05) is 0 Å². The summed E-state index contributed by atoms with van der Waals surface area (Å²) in [6.07, 6.45) is 0.459. The van der Waals surface area contributed by atoms with Crippen LogP contribution in [0.2, 0.25) is 0 Å². The second-order valence-electron chi connectivity index (χ2n) is 3.96. The van der Waals surface area contributed by atoms with Gasteiger partial charge < -0.3 is 4.74 Å². The van der Waals surface area contributed by atoms with E-state index < -0.39 is 11.6 Å². The van der Waals surface area contributed by atoms with Crippen molar-refractivity contribution in [1.29, 1.82) is 5.26 Å². The van der Waals surface area contributed by atoms with Crippen LogP contribution in [0.4, 0.5) is 8.78 Å². The lowest BCUT2D eigenvalue weighted by atomic mass is 10.1. The number of nitriles is 1. The Labute approximate surface area is 114 Å². The van der Waals surface area contributed by atoms with Gasteiger partial charge in [0.2, 0.25) is 0 Å². The summed E-state index contributed by atoms with van der Waals surface area (Å²) in [6, 6.07) is 9.89. The molecule has 0 aromatic heterocycles. The summed E-state index contributed by atoms with van der Waals surface area (Å²) in [4.78, 5) is 10.8. The van der Waals surface area contributed by atoms with Gasteiger partial charge in [-0.15, -0.1) is 0 Å². The first-order valence-corrected chi connectivity index (χ1v) is 5.71. The Morgan fingerprint density at radius 2 is 1.95 bits per heavy atom. The lowest BCUT2D eigenvalue weighted by Crippen LogP contribution is -2.03. The molecular weight excluding hydrogens is 264 g/mol. The Kier molecular flexibility index (Phi) is 4.06. The van der Waals surface area contributed by atoms with E-state index in [0.717, 1.165) is 6.07 Å². The second kappa shape index (κ2) is 5.93. The molecule has 0 amide bonds. The number of nitrogens with zero attached hydrogens (tertiary/aromatic N) is 1. The molecule has 5 heteroatoms. The van der Waals surface area contributed by atoms with Crippen molar-refractivity contribution in [3.63, 3.8) is 0 Å². The summed E-state index contributed by atoms with van der Waals surface area (Å²) >= 11 is 0. The third-order valence-electron chi connectivity index (χ3n) is 2.70. The zero-order chi connectivity index (χ0) is 14.5. The zero-order valence-corrected chi connectivity index (χ0v) is 10.3. The van der Waals surface area contributed by atoms with Crippen LogP contribution in [-0.2, 0) is 6.61 Å². The molecule has 0 bridgehead atoms. The Hall–Kier alpha value is -2.74. The fourth-order valence-electron chi connectivity index (χ4n) is 1.70. The zero-order valence-electron chi connectivity index (χ0n) is 10.3. The van der Waals surface area contributed by atoms with Gasteiger partial charge in [0, 0.05) is 5.56 Å². The van der Waals surface area contributed by atoms with E-state index in [4.69, 9.17) is 10.00 Å². The van der Waals surface area contributed by atoms with Crippen molar-refractivity contribution in [3.05, 3.63) is 64.7 Å². The molecule has 0 heterocycles. The number of para-hydroxylation sites is 1. The van der Waals surface area contributed by atoms with E-state index in [9.17, 15) is 13.6 Å². The monoisotopic (exact) mass is 273 g/mol. The third-order valence-corrected chi connectivity index (χ3v) is 2.70. The van der Waals surface area contributed by atoms with Gasteiger partial charge in [-0.2, -0.15) is 5.26 Å². The molecule has 3 nitrogen and oxygen atoms in total. The number of benzene rings is 2. The van der Waals surface area contributed by atoms with E-state index in [0.29, 0.717) is 6.29 Å². The molecule has 2 aromatic carbocycles. The molecule has 2 aromatic rings. The molecule has 2 rings (SSSR count). The second-order valence-corrected chi connectivity index (χ2v) is 3.96. The highest BCUT2D eigenvalue weighted by Crippen LogP contribution is 2.23. The van der Waals surface area contributed by atoms with Crippen LogP contribution in [0.5, 0.6) is 5.75 Å². The van der Waals surface area contributed by atoms with E-state index >= 15 is 0 Å². The topological polar surface area (TPSA) is 50.1 Å². The van der Waals surface area contributed by atoms with Gasteiger partial charge in [-0.05, 0) is 18.2 Å². The first-order chi connectivity index (χ1) is 9.67. The summed E-state index contributed by atoms with van der Waals surface area (Å²) in [6.45, 7) is -0.275. The summed E-state index contributed by atoms with van der Waals surface area (Å²) < 4.78 is 32.5.